The molecule has 94 valence electrons. The normalized spacial score (nSPS) is 16.8. The van der Waals surface area contributed by atoms with E-state index in [0.717, 1.165) is 36.9 Å². The largest absolute Gasteiger partial charge is 0.357 e. The lowest BCUT2D eigenvalue weighted by atomic mass is 10.1. The highest BCUT2D eigenvalue weighted by molar-refractivity contribution is 7.13. The van der Waals surface area contributed by atoms with E-state index >= 15 is 0 Å². The summed E-state index contributed by atoms with van der Waals surface area (Å²) in [5.74, 6) is 1.08. The number of nitrogens with zero attached hydrogens (tertiary/aromatic N) is 4. The van der Waals surface area contributed by atoms with E-state index in [2.05, 4.69) is 31.5 Å². The lowest BCUT2D eigenvalue weighted by molar-refractivity contribution is 0.523. The Kier molecular flexibility index (Phi) is 3.36. The molecule has 0 saturated carbocycles. The predicted octanol–water partition coefficient (Wildman–Crippen LogP) is 2.01. The highest BCUT2D eigenvalue weighted by atomic mass is 32.1. The van der Waals surface area contributed by atoms with Gasteiger partial charge in [-0.1, -0.05) is 17.4 Å². The van der Waals surface area contributed by atoms with Crippen LogP contribution in [0, 0.1) is 0 Å². The summed E-state index contributed by atoms with van der Waals surface area (Å²) < 4.78 is 0. The van der Waals surface area contributed by atoms with Gasteiger partial charge < -0.3 is 10.2 Å². The average Bonchev–Trinajstić information content (AvgIpc) is 2.94. The van der Waals surface area contributed by atoms with Crippen molar-refractivity contribution in [3.05, 3.63) is 29.9 Å². The van der Waals surface area contributed by atoms with Crippen LogP contribution >= 0.6 is 11.3 Å². The van der Waals surface area contributed by atoms with Gasteiger partial charge in [0.2, 0.25) is 5.13 Å². The van der Waals surface area contributed by atoms with Crippen LogP contribution in [-0.2, 0) is 0 Å². The molecule has 1 aliphatic rings. The van der Waals surface area contributed by atoms with E-state index in [-0.39, 0.29) is 0 Å². The van der Waals surface area contributed by atoms with Gasteiger partial charge in [0, 0.05) is 25.3 Å². The minimum absolute atomic E-state index is 0.498. The summed E-state index contributed by atoms with van der Waals surface area (Å²) >= 11 is 1.55. The van der Waals surface area contributed by atoms with Crippen LogP contribution in [-0.4, -0.2) is 34.3 Å². The highest BCUT2D eigenvalue weighted by Crippen LogP contribution is 2.20. The Morgan fingerprint density at radius 2 is 2.17 bits per heavy atom. The summed E-state index contributed by atoms with van der Waals surface area (Å²) in [6.45, 7) is 2.07. The number of hydrogen-bond acceptors (Lipinski definition) is 6. The molecule has 5 nitrogen and oxygen atoms in total. The van der Waals surface area contributed by atoms with Gasteiger partial charge in [0.15, 0.2) is 0 Å². The van der Waals surface area contributed by atoms with Gasteiger partial charge in [-0.2, -0.15) is 0 Å². The summed E-state index contributed by atoms with van der Waals surface area (Å²) in [6.07, 6.45) is 4.06. The number of anilines is 2. The van der Waals surface area contributed by atoms with E-state index in [1.807, 2.05) is 18.3 Å². The molecule has 1 aliphatic heterocycles. The van der Waals surface area contributed by atoms with E-state index in [1.54, 1.807) is 16.8 Å². The van der Waals surface area contributed by atoms with E-state index < -0.39 is 0 Å². The molecule has 0 unspecified atom stereocenters. The van der Waals surface area contributed by atoms with Crippen LogP contribution in [0.2, 0.25) is 0 Å². The van der Waals surface area contributed by atoms with Crippen molar-refractivity contribution in [2.45, 2.75) is 18.9 Å². The number of piperidine rings is 1. The van der Waals surface area contributed by atoms with Gasteiger partial charge in [-0.05, 0) is 25.0 Å². The maximum atomic E-state index is 4.39. The van der Waals surface area contributed by atoms with Gasteiger partial charge >= 0.3 is 0 Å². The zero-order chi connectivity index (χ0) is 12.2. The van der Waals surface area contributed by atoms with Crippen molar-refractivity contribution in [2.24, 2.45) is 0 Å². The first-order valence-electron chi connectivity index (χ1n) is 6.10. The predicted molar refractivity (Wildman–Crippen MR) is 73.0 cm³/mol. The van der Waals surface area contributed by atoms with Crippen LogP contribution in [0.5, 0.6) is 0 Å². The van der Waals surface area contributed by atoms with Crippen molar-refractivity contribution < 1.29 is 0 Å². The summed E-state index contributed by atoms with van der Waals surface area (Å²) in [5, 5.41) is 12.2. The summed E-state index contributed by atoms with van der Waals surface area (Å²) in [5.41, 5.74) is 1.76. The monoisotopic (exact) mass is 261 g/mol. The third-order valence-corrected chi connectivity index (χ3v) is 3.78. The summed E-state index contributed by atoms with van der Waals surface area (Å²) in [6, 6.07) is 6.55. The zero-order valence-corrected chi connectivity index (χ0v) is 10.8. The van der Waals surface area contributed by atoms with Crippen molar-refractivity contribution in [1.29, 1.82) is 0 Å². The summed E-state index contributed by atoms with van der Waals surface area (Å²) in [7, 11) is 0. The van der Waals surface area contributed by atoms with Crippen molar-refractivity contribution in [3.8, 4) is 0 Å². The van der Waals surface area contributed by atoms with Gasteiger partial charge in [0.25, 0.3) is 0 Å². The smallest absolute Gasteiger partial charge is 0.205 e. The van der Waals surface area contributed by atoms with Gasteiger partial charge in [-0.3, -0.25) is 0 Å². The Labute approximate surface area is 110 Å². The molecule has 0 radical (unpaired) electrons. The number of rotatable bonds is 3. The van der Waals surface area contributed by atoms with Gasteiger partial charge in [-0.15, -0.1) is 10.2 Å². The molecule has 0 spiro atoms. The number of aromatic nitrogens is 3. The highest BCUT2D eigenvalue weighted by Gasteiger charge is 2.20. The lowest BCUT2D eigenvalue weighted by Crippen LogP contribution is -2.39. The summed E-state index contributed by atoms with van der Waals surface area (Å²) in [4.78, 5) is 6.72. The standard InChI is InChI=1S/C12H15N5S/c1-2-6-13-11(3-1)17-7-4-10(5-8-17)15-12-16-14-9-18-12/h1-3,6,9-10H,4-5,7-8H2,(H,15,16). The molecule has 2 aromatic heterocycles. The van der Waals surface area contributed by atoms with Crippen LogP contribution in [0.3, 0.4) is 0 Å². The minimum atomic E-state index is 0.498. The number of pyridine rings is 1. The maximum Gasteiger partial charge on any atom is 0.205 e. The molecule has 1 N–H and O–H groups in total. The molecule has 0 amide bonds. The van der Waals surface area contributed by atoms with Crippen LogP contribution < -0.4 is 10.2 Å². The molecule has 6 heteroatoms. The van der Waals surface area contributed by atoms with Crippen LogP contribution in [0.25, 0.3) is 0 Å². The minimum Gasteiger partial charge on any atom is -0.357 e. The van der Waals surface area contributed by atoms with E-state index in [9.17, 15) is 0 Å². The second-order valence-electron chi connectivity index (χ2n) is 4.34. The van der Waals surface area contributed by atoms with E-state index in [1.165, 1.54) is 0 Å². The molecular weight excluding hydrogens is 246 g/mol. The van der Waals surface area contributed by atoms with E-state index in [4.69, 9.17) is 0 Å². The Bertz CT molecular complexity index is 464. The fraction of sp³-hybridized carbons (Fsp3) is 0.417. The molecule has 1 saturated heterocycles. The van der Waals surface area contributed by atoms with Gasteiger partial charge in [-0.25, -0.2) is 4.98 Å². The lowest BCUT2D eigenvalue weighted by Gasteiger charge is -2.32. The quantitative estimate of drug-likeness (QED) is 0.916. The molecule has 0 bridgehead atoms. The average molecular weight is 261 g/mol. The van der Waals surface area contributed by atoms with E-state index in [0.29, 0.717) is 6.04 Å². The maximum absolute atomic E-state index is 4.39. The second kappa shape index (κ2) is 5.30. The molecule has 2 aromatic rings. The van der Waals surface area contributed by atoms with Crippen LogP contribution in [0.4, 0.5) is 10.9 Å². The molecule has 0 aromatic carbocycles. The molecule has 0 aliphatic carbocycles. The number of nitrogens with one attached hydrogen (secondary N) is 1. The zero-order valence-electron chi connectivity index (χ0n) is 9.99. The fourth-order valence-corrected chi connectivity index (χ4v) is 2.73. The van der Waals surface area contributed by atoms with Crippen LogP contribution in [0.1, 0.15) is 12.8 Å². The first-order valence-corrected chi connectivity index (χ1v) is 6.98. The van der Waals surface area contributed by atoms with Crippen LogP contribution in [0.15, 0.2) is 29.9 Å². The first-order chi connectivity index (χ1) is 8.92. The van der Waals surface area contributed by atoms with Crippen molar-refractivity contribution >= 4 is 22.3 Å². The number of hydrogen-bond donors (Lipinski definition) is 1. The molecular formula is C12H15N5S. The molecule has 1 fully saturated rings. The molecule has 3 heterocycles. The van der Waals surface area contributed by atoms with Gasteiger partial charge in [0.05, 0.1) is 0 Å². The molecule has 3 rings (SSSR count). The van der Waals surface area contributed by atoms with Crippen molar-refractivity contribution in [1.82, 2.24) is 15.2 Å². The molecule has 0 atom stereocenters. The van der Waals surface area contributed by atoms with Crippen molar-refractivity contribution in [3.63, 3.8) is 0 Å². The first kappa shape index (κ1) is 11.4. The van der Waals surface area contributed by atoms with Crippen molar-refractivity contribution in [2.75, 3.05) is 23.3 Å². The Balaban J connectivity index is 1.55. The Morgan fingerprint density at radius 1 is 1.28 bits per heavy atom. The molecule has 18 heavy (non-hydrogen) atoms. The third-order valence-electron chi connectivity index (χ3n) is 3.16. The fourth-order valence-electron chi connectivity index (χ4n) is 2.20. The van der Waals surface area contributed by atoms with Gasteiger partial charge in [0.1, 0.15) is 11.3 Å². The SMILES string of the molecule is c1ccc(N2CCC(Nc3nncs3)CC2)nc1. The Morgan fingerprint density at radius 3 is 2.83 bits per heavy atom. The topological polar surface area (TPSA) is 53.9 Å². The Hall–Kier alpha value is -1.69. The second-order valence-corrected chi connectivity index (χ2v) is 5.17. The third kappa shape index (κ3) is 2.59.